The summed E-state index contributed by atoms with van der Waals surface area (Å²) in [5.41, 5.74) is 4.45. The second-order valence-electron chi connectivity index (χ2n) is 4.83. The maximum Gasteiger partial charge on any atom is 0.269 e. The molecule has 1 aliphatic rings. The van der Waals surface area contributed by atoms with E-state index in [4.69, 9.17) is 11.6 Å². The molecule has 0 aliphatic carbocycles. The molecule has 1 aliphatic heterocycles. The van der Waals surface area contributed by atoms with Gasteiger partial charge in [0.2, 0.25) is 0 Å². The Hall–Kier alpha value is -2.07. The van der Waals surface area contributed by atoms with Crippen LogP contribution >= 0.6 is 11.6 Å². The Morgan fingerprint density at radius 3 is 2.35 bits per heavy atom. The topological polar surface area (TPSA) is 46.4 Å². The van der Waals surface area contributed by atoms with E-state index in [9.17, 15) is 10.1 Å². The molecule has 2 aromatic rings. The van der Waals surface area contributed by atoms with Crippen LogP contribution in [0.2, 0.25) is 0 Å². The fraction of sp³-hybridized carbons (Fsp3) is 0.200. The third-order valence-electron chi connectivity index (χ3n) is 3.60. The average Bonchev–Trinajstić information content (AvgIpc) is 2.90. The van der Waals surface area contributed by atoms with Crippen molar-refractivity contribution < 1.29 is 4.92 Å². The van der Waals surface area contributed by atoms with E-state index in [1.807, 2.05) is 12.1 Å². The van der Waals surface area contributed by atoms with Gasteiger partial charge < -0.3 is 4.90 Å². The fourth-order valence-electron chi connectivity index (χ4n) is 2.60. The number of hydrogen-bond acceptors (Lipinski definition) is 3. The summed E-state index contributed by atoms with van der Waals surface area (Å²) in [6.07, 6.45) is 0. The van der Waals surface area contributed by atoms with Gasteiger partial charge in [-0.05, 0) is 22.8 Å². The van der Waals surface area contributed by atoms with Crippen LogP contribution < -0.4 is 4.90 Å². The lowest BCUT2D eigenvalue weighted by molar-refractivity contribution is -0.384. The molecule has 0 unspecified atom stereocenters. The van der Waals surface area contributed by atoms with E-state index in [-0.39, 0.29) is 11.6 Å². The number of hydrogen-bond donors (Lipinski definition) is 0. The first kappa shape index (κ1) is 12.9. The van der Waals surface area contributed by atoms with Gasteiger partial charge in [0.25, 0.3) is 5.69 Å². The molecule has 0 saturated carbocycles. The molecule has 0 spiro atoms. The predicted octanol–water partition coefficient (Wildman–Crippen LogP) is 3.85. The van der Waals surface area contributed by atoms with Crippen LogP contribution in [0.3, 0.4) is 0 Å². The molecule has 20 heavy (non-hydrogen) atoms. The average molecular weight is 289 g/mol. The summed E-state index contributed by atoms with van der Waals surface area (Å²) in [5, 5.41) is 10.8. The van der Waals surface area contributed by atoms with Crippen LogP contribution in [0.5, 0.6) is 0 Å². The van der Waals surface area contributed by atoms with Gasteiger partial charge in [-0.2, -0.15) is 0 Å². The molecule has 0 bridgehead atoms. The van der Waals surface area contributed by atoms with Crippen LogP contribution in [0, 0.1) is 10.1 Å². The van der Waals surface area contributed by atoms with Gasteiger partial charge in [-0.15, -0.1) is 11.6 Å². The highest BCUT2D eigenvalue weighted by Crippen LogP contribution is 2.33. The largest absolute Gasteiger partial charge is 0.363 e. The summed E-state index contributed by atoms with van der Waals surface area (Å²) in [6.45, 7) is 1.63. The lowest BCUT2D eigenvalue weighted by Crippen LogP contribution is -2.16. The van der Waals surface area contributed by atoms with Gasteiger partial charge in [0.05, 0.1) is 4.92 Å². The maximum atomic E-state index is 10.8. The van der Waals surface area contributed by atoms with Crippen LogP contribution in [0.25, 0.3) is 0 Å². The molecule has 0 saturated heterocycles. The Morgan fingerprint density at radius 2 is 1.80 bits per heavy atom. The van der Waals surface area contributed by atoms with Gasteiger partial charge in [0.1, 0.15) is 0 Å². The maximum absolute atomic E-state index is 10.8. The fourth-order valence-corrected chi connectivity index (χ4v) is 2.82. The minimum atomic E-state index is -0.390. The first-order valence-corrected chi connectivity index (χ1v) is 6.87. The van der Waals surface area contributed by atoms with E-state index in [0.29, 0.717) is 0 Å². The molecule has 3 rings (SSSR count). The zero-order valence-electron chi connectivity index (χ0n) is 10.8. The molecule has 5 heteroatoms. The molecule has 2 aromatic carbocycles. The Kier molecular flexibility index (Phi) is 3.32. The molecule has 0 radical (unpaired) electrons. The Balaban J connectivity index is 1.94. The van der Waals surface area contributed by atoms with Crippen molar-refractivity contribution in [1.29, 1.82) is 0 Å². The second-order valence-corrected chi connectivity index (χ2v) is 5.10. The van der Waals surface area contributed by atoms with Crippen molar-refractivity contribution in [2.45, 2.75) is 19.0 Å². The number of alkyl halides is 1. The van der Waals surface area contributed by atoms with Gasteiger partial charge in [-0.25, -0.2) is 0 Å². The van der Waals surface area contributed by atoms with Crippen LogP contribution in [-0.2, 0) is 19.0 Å². The minimum Gasteiger partial charge on any atom is -0.363 e. The second kappa shape index (κ2) is 5.13. The number of nitrogens with zero attached hydrogens (tertiary/aromatic N) is 2. The number of nitro groups is 1. The van der Waals surface area contributed by atoms with E-state index >= 15 is 0 Å². The molecule has 0 fully saturated rings. The summed E-state index contributed by atoms with van der Waals surface area (Å²) in [4.78, 5) is 12.6. The van der Waals surface area contributed by atoms with Crippen molar-refractivity contribution in [3.8, 4) is 0 Å². The summed E-state index contributed by atoms with van der Waals surface area (Å²) in [7, 11) is 0. The van der Waals surface area contributed by atoms with Gasteiger partial charge in [-0.1, -0.05) is 24.3 Å². The highest BCUT2D eigenvalue weighted by Gasteiger charge is 2.21. The van der Waals surface area contributed by atoms with Crippen LogP contribution in [0.15, 0.2) is 42.5 Å². The van der Waals surface area contributed by atoms with Crippen molar-refractivity contribution >= 4 is 23.0 Å². The standard InChI is InChI=1S/C15H13ClN2O2/c16-8-13-7-14(18(19)20)5-6-15(13)17-9-11-3-1-2-4-12(11)10-17/h1-7H,8-10H2. The van der Waals surface area contributed by atoms with E-state index < -0.39 is 4.92 Å². The summed E-state index contributed by atoms with van der Waals surface area (Å²) >= 11 is 5.95. The van der Waals surface area contributed by atoms with E-state index in [1.165, 1.54) is 17.2 Å². The highest BCUT2D eigenvalue weighted by molar-refractivity contribution is 6.17. The summed E-state index contributed by atoms with van der Waals surface area (Å²) < 4.78 is 0. The monoisotopic (exact) mass is 288 g/mol. The molecule has 4 nitrogen and oxygen atoms in total. The van der Waals surface area contributed by atoms with Crippen LogP contribution in [0.4, 0.5) is 11.4 Å². The Morgan fingerprint density at radius 1 is 1.15 bits per heavy atom. The van der Waals surface area contributed by atoms with Gasteiger partial charge in [0, 0.05) is 36.8 Å². The van der Waals surface area contributed by atoms with E-state index in [2.05, 4.69) is 17.0 Å². The smallest absolute Gasteiger partial charge is 0.269 e. The quantitative estimate of drug-likeness (QED) is 0.489. The van der Waals surface area contributed by atoms with E-state index in [1.54, 1.807) is 12.1 Å². The van der Waals surface area contributed by atoms with Crippen molar-refractivity contribution in [1.82, 2.24) is 0 Å². The Labute approximate surface area is 121 Å². The lowest BCUT2D eigenvalue weighted by Gasteiger charge is -2.20. The van der Waals surface area contributed by atoms with E-state index in [0.717, 1.165) is 24.3 Å². The molecule has 0 amide bonds. The molecule has 0 N–H and O–H groups in total. The van der Waals surface area contributed by atoms with Crippen molar-refractivity contribution in [3.63, 3.8) is 0 Å². The number of nitro benzene ring substituents is 1. The first-order chi connectivity index (χ1) is 9.69. The third-order valence-corrected chi connectivity index (χ3v) is 3.89. The van der Waals surface area contributed by atoms with Crippen molar-refractivity contribution in [2.75, 3.05) is 4.90 Å². The van der Waals surface area contributed by atoms with Gasteiger partial charge in [0.15, 0.2) is 0 Å². The van der Waals surface area contributed by atoms with Crippen LogP contribution in [0.1, 0.15) is 16.7 Å². The van der Waals surface area contributed by atoms with Crippen molar-refractivity contribution in [3.05, 3.63) is 69.3 Å². The molecule has 102 valence electrons. The third kappa shape index (κ3) is 2.23. The summed E-state index contributed by atoms with van der Waals surface area (Å²) in [6, 6.07) is 13.2. The number of halogens is 1. The van der Waals surface area contributed by atoms with Gasteiger partial charge in [-0.3, -0.25) is 10.1 Å². The van der Waals surface area contributed by atoms with Crippen LogP contribution in [-0.4, -0.2) is 4.92 Å². The minimum absolute atomic E-state index is 0.0844. The summed E-state index contributed by atoms with van der Waals surface area (Å²) in [5.74, 6) is 0.268. The number of rotatable bonds is 3. The highest BCUT2D eigenvalue weighted by atomic mass is 35.5. The number of benzene rings is 2. The Bertz CT molecular complexity index is 648. The van der Waals surface area contributed by atoms with Crippen molar-refractivity contribution in [2.24, 2.45) is 0 Å². The van der Waals surface area contributed by atoms with Gasteiger partial charge >= 0.3 is 0 Å². The SMILES string of the molecule is O=[N+]([O-])c1ccc(N2Cc3ccccc3C2)c(CCl)c1. The predicted molar refractivity (Wildman–Crippen MR) is 79.0 cm³/mol. The number of fused-ring (bicyclic) bond motifs is 1. The molecular weight excluding hydrogens is 276 g/mol. The molecule has 0 aromatic heterocycles. The number of anilines is 1. The molecule has 1 heterocycles. The molecular formula is C15H13ClN2O2. The molecule has 0 atom stereocenters. The zero-order chi connectivity index (χ0) is 14.1. The number of non-ortho nitro benzene ring substituents is 1. The normalized spacial score (nSPS) is 13.3. The zero-order valence-corrected chi connectivity index (χ0v) is 11.5. The first-order valence-electron chi connectivity index (χ1n) is 6.34. The lowest BCUT2D eigenvalue weighted by atomic mass is 10.1.